The van der Waals surface area contributed by atoms with Gasteiger partial charge in [0.2, 0.25) is 0 Å². The highest BCUT2D eigenvalue weighted by molar-refractivity contribution is 7.92. The molecule has 2 heterocycles. The first-order valence-electron chi connectivity index (χ1n) is 6.81. The van der Waals surface area contributed by atoms with Gasteiger partial charge in [-0.1, -0.05) is 6.92 Å². The second-order valence-corrected chi connectivity index (χ2v) is 6.58. The molecule has 0 fully saturated rings. The molecule has 0 aliphatic heterocycles. The van der Waals surface area contributed by atoms with Crippen LogP contribution in [0.15, 0.2) is 29.6 Å². The van der Waals surface area contributed by atoms with Gasteiger partial charge >= 0.3 is 0 Å². The zero-order chi connectivity index (χ0) is 15.5. The third-order valence-electron chi connectivity index (χ3n) is 3.05. The molecular formula is C13H21N5O2S. The summed E-state index contributed by atoms with van der Waals surface area (Å²) in [6.07, 6.45) is 5.72. The van der Waals surface area contributed by atoms with Crippen LogP contribution in [0.1, 0.15) is 19.0 Å². The SMILES string of the molecule is CCCn1cc(S(=O)(=O)Nc2cnn(C)c2)cc1CNC. The summed E-state index contributed by atoms with van der Waals surface area (Å²) >= 11 is 0. The summed E-state index contributed by atoms with van der Waals surface area (Å²) in [7, 11) is -0.0149. The molecule has 7 nitrogen and oxygen atoms in total. The van der Waals surface area contributed by atoms with Crippen LogP contribution in [0.3, 0.4) is 0 Å². The number of rotatable bonds is 7. The van der Waals surface area contributed by atoms with Gasteiger partial charge < -0.3 is 9.88 Å². The summed E-state index contributed by atoms with van der Waals surface area (Å²) in [5, 5.41) is 7.00. The molecule has 0 bridgehead atoms. The Morgan fingerprint density at radius 1 is 1.33 bits per heavy atom. The van der Waals surface area contributed by atoms with Crippen molar-refractivity contribution >= 4 is 15.7 Å². The monoisotopic (exact) mass is 311 g/mol. The fraction of sp³-hybridized carbons (Fsp3) is 0.462. The highest BCUT2D eigenvalue weighted by atomic mass is 32.2. The minimum absolute atomic E-state index is 0.269. The first-order chi connectivity index (χ1) is 9.96. The Hall–Kier alpha value is -1.80. The molecule has 0 atom stereocenters. The van der Waals surface area contributed by atoms with Crippen molar-refractivity contribution in [2.24, 2.45) is 7.05 Å². The number of nitrogens with one attached hydrogen (secondary N) is 2. The van der Waals surface area contributed by atoms with Crippen molar-refractivity contribution in [3.05, 3.63) is 30.4 Å². The molecule has 0 spiro atoms. The molecular weight excluding hydrogens is 290 g/mol. The molecule has 116 valence electrons. The van der Waals surface area contributed by atoms with Crippen molar-refractivity contribution in [3.63, 3.8) is 0 Å². The molecule has 8 heteroatoms. The Balaban J connectivity index is 2.28. The lowest BCUT2D eigenvalue weighted by Gasteiger charge is -2.06. The van der Waals surface area contributed by atoms with E-state index in [1.54, 1.807) is 30.2 Å². The number of hydrogen-bond donors (Lipinski definition) is 2. The average Bonchev–Trinajstić information content (AvgIpc) is 2.98. The fourth-order valence-corrected chi connectivity index (χ4v) is 3.23. The van der Waals surface area contributed by atoms with Gasteiger partial charge in [0.25, 0.3) is 10.0 Å². The van der Waals surface area contributed by atoms with Gasteiger partial charge in [-0.05, 0) is 19.5 Å². The topological polar surface area (TPSA) is 81.0 Å². The molecule has 0 aliphatic rings. The van der Waals surface area contributed by atoms with Crippen LogP contribution in [0.2, 0.25) is 0 Å². The molecule has 2 aromatic heterocycles. The Bertz CT molecular complexity index is 678. The van der Waals surface area contributed by atoms with Gasteiger partial charge in [0.1, 0.15) is 4.90 Å². The van der Waals surface area contributed by atoms with Crippen LogP contribution in [0.25, 0.3) is 0 Å². The minimum Gasteiger partial charge on any atom is -0.349 e. The van der Waals surface area contributed by atoms with E-state index in [-0.39, 0.29) is 4.90 Å². The van der Waals surface area contributed by atoms with E-state index < -0.39 is 10.0 Å². The van der Waals surface area contributed by atoms with Crippen LogP contribution in [0, 0.1) is 0 Å². The molecule has 0 radical (unpaired) electrons. The van der Waals surface area contributed by atoms with Crippen LogP contribution in [0.5, 0.6) is 0 Å². The summed E-state index contributed by atoms with van der Waals surface area (Å²) < 4.78 is 30.9. The molecule has 0 aliphatic carbocycles. The molecule has 2 aromatic rings. The number of aryl methyl sites for hydroxylation is 2. The molecule has 0 aromatic carbocycles. The van der Waals surface area contributed by atoms with E-state index in [1.165, 1.54) is 6.20 Å². The third-order valence-corrected chi connectivity index (χ3v) is 4.40. The predicted molar refractivity (Wildman–Crippen MR) is 81.5 cm³/mol. The first-order valence-corrected chi connectivity index (χ1v) is 8.29. The average molecular weight is 311 g/mol. The fourth-order valence-electron chi connectivity index (χ4n) is 2.14. The van der Waals surface area contributed by atoms with E-state index in [0.717, 1.165) is 18.7 Å². The number of nitrogens with zero attached hydrogens (tertiary/aromatic N) is 3. The van der Waals surface area contributed by atoms with E-state index in [1.807, 2.05) is 11.6 Å². The maximum Gasteiger partial charge on any atom is 0.263 e. The molecule has 2 rings (SSSR count). The van der Waals surface area contributed by atoms with Crippen molar-refractivity contribution < 1.29 is 8.42 Å². The summed E-state index contributed by atoms with van der Waals surface area (Å²) in [5.74, 6) is 0. The van der Waals surface area contributed by atoms with E-state index in [4.69, 9.17) is 0 Å². The number of hydrogen-bond acceptors (Lipinski definition) is 4. The number of anilines is 1. The van der Waals surface area contributed by atoms with E-state index in [2.05, 4.69) is 22.1 Å². The molecule has 0 amide bonds. The third kappa shape index (κ3) is 3.64. The highest BCUT2D eigenvalue weighted by Crippen LogP contribution is 2.18. The normalized spacial score (nSPS) is 11.8. The summed E-state index contributed by atoms with van der Waals surface area (Å²) in [6.45, 7) is 3.48. The van der Waals surface area contributed by atoms with Crippen molar-refractivity contribution in [3.8, 4) is 0 Å². The predicted octanol–water partition coefficient (Wildman–Crippen LogP) is 1.15. The second-order valence-electron chi connectivity index (χ2n) is 4.90. The molecule has 0 saturated heterocycles. The van der Waals surface area contributed by atoms with Gasteiger partial charge in [0.05, 0.1) is 11.9 Å². The Kier molecular flexibility index (Phi) is 4.69. The van der Waals surface area contributed by atoms with Crippen LogP contribution in [-0.2, 0) is 30.2 Å². The van der Waals surface area contributed by atoms with Crippen LogP contribution < -0.4 is 10.0 Å². The van der Waals surface area contributed by atoms with E-state index in [0.29, 0.717) is 12.2 Å². The quantitative estimate of drug-likeness (QED) is 0.804. The van der Waals surface area contributed by atoms with Gasteiger partial charge in [-0.3, -0.25) is 9.40 Å². The van der Waals surface area contributed by atoms with Crippen LogP contribution in [-0.4, -0.2) is 29.8 Å². The zero-order valence-corrected chi connectivity index (χ0v) is 13.3. The first kappa shape index (κ1) is 15.6. The van der Waals surface area contributed by atoms with E-state index >= 15 is 0 Å². The molecule has 0 saturated carbocycles. The molecule has 2 N–H and O–H groups in total. The Morgan fingerprint density at radius 2 is 2.10 bits per heavy atom. The smallest absolute Gasteiger partial charge is 0.263 e. The van der Waals surface area contributed by atoms with Crippen LogP contribution >= 0.6 is 0 Å². The largest absolute Gasteiger partial charge is 0.349 e. The Labute approximate surface area is 125 Å². The van der Waals surface area contributed by atoms with Gasteiger partial charge in [-0.15, -0.1) is 0 Å². The maximum absolute atomic E-state index is 12.4. The second kappa shape index (κ2) is 6.31. The molecule has 21 heavy (non-hydrogen) atoms. The van der Waals surface area contributed by atoms with Gasteiger partial charge in [0, 0.05) is 38.2 Å². The number of sulfonamides is 1. The van der Waals surface area contributed by atoms with Gasteiger partial charge in [-0.25, -0.2) is 8.42 Å². The lowest BCUT2D eigenvalue weighted by molar-refractivity contribution is 0.599. The van der Waals surface area contributed by atoms with Crippen LogP contribution in [0.4, 0.5) is 5.69 Å². The van der Waals surface area contributed by atoms with Crippen molar-refractivity contribution in [1.82, 2.24) is 19.7 Å². The lowest BCUT2D eigenvalue weighted by atomic mass is 10.4. The number of aromatic nitrogens is 3. The summed E-state index contributed by atoms with van der Waals surface area (Å²) in [5.41, 5.74) is 1.40. The highest BCUT2D eigenvalue weighted by Gasteiger charge is 2.18. The van der Waals surface area contributed by atoms with Gasteiger partial charge in [0.15, 0.2) is 0 Å². The van der Waals surface area contributed by atoms with Crippen molar-refractivity contribution in [2.45, 2.75) is 31.3 Å². The molecule has 0 unspecified atom stereocenters. The standard InChI is InChI=1S/C13H21N5O2S/c1-4-5-18-10-13(6-12(18)8-14-2)21(19,20)16-11-7-15-17(3)9-11/h6-7,9-10,14,16H,4-5,8H2,1-3H3. The maximum atomic E-state index is 12.4. The van der Waals surface area contributed by atoms with Gasteiger partial charge in [-0.2, -0.15) is 5.10 Å². The summed E-state index contributed by atoms with van der Waals surface area (Å²) in [4.78, 5) is 0.269. The Morgan fingerprint density at radius 3 is 2.67 bits per heavy atom. The lowest BCUT2D eigenvalue weighted by Crippen LogP contribution is -2.11. The van der Waals surface area contributed by atoms with Crippen molar-refractivity contribution in [2.75, 3.05) is 11.8 Å². The van der Waals surface area contributed by atoms with E-state index in [9.17, 15) is 8.42 Å². The zero-order valence-electron chi connectivity index (χ0n) is 12.5. The summed E-state index contributed by atoms with van der Waals surface area (Å²) in [6, 6.07) is 1.70. The van der Waals surface area contributed by atoms with Crippen molar-refractivity contribution in [1.29, 1.82) is 0 Å². The minimum atomic E-state index is -3.59.